The molecule has 1 fully saturated rings. The molecule has 0 heterocycles. The lowest BCUT2D eigenvalue weighted by Crippen LogP contribution is -2.42. The van der Waals surface area contributed by atoms with E-state index in [1.54, 1.807) is 42.3 Å². The van der Waals surface area contributed by atoms with Crippen molar-refractivity contribution in [3.63, 3.8) is 0 Å². The number of nitrogens with zero attached hydrogens (tertiary/aromatic N) is 1. The number of methoxy groups -OCH3 is 1. The van der Waals surface area contributed by atoms with Crippen LogP contribution in [-0.4, -0.2) is 48.5 Å². The summed E-state index contributed by atoms with van der Waals surface area (Å²) in [6.45, 7) is 1.63. The number of amides is 2. The van der Waals surface area contributed by atoms with Crippen molar-refractivity contribution in [1.29, 1.82) is 0 Å². The average molecular weight is 410 g/mol. The molecule has 158 valence electrons. The highest BCUT2D eigenvalue weighted by molar-refractivity contribution is 5.96. The Morgan fingerprint density at radius 3 is 2.33 bits per heavy atom. The summed E-state index contributed by atoms with van der Waals surface area (Å²) in [5.41, 5.74) is 1.43. The van der Waals surface area contributed by atoms with Gasteiger partial charge in [-0.15, -0.1) is 0 Å². The summed E-state index contributed by atoms with van der Waals surface area (Å²) >= 11 is 0. The van der Waals surface area contributed by atoms with Crippen molar-refractivity contribution in [2.45, 2.75) is 38.4 Å². The third-order valence-corrected chi connectivity index (χ3v) is 4.89. The SMILES string of the molecule is COc1ccc(CN(C(=O)COC(=O)[C@H](C)NC(=O)c2ccccc2)C2CC2)cc1. The zero-order valence-electron chi connectivity index (χ0n) is 17.2. The second kappa shape index (κ2) is 9.91. The fourth-order valence-corrected chi connectivity index (χ4v) is 3.00. The predicted octanol–water partition coefficient (Wildman–Crippen LogP) is 2.55. The maximum atomic E-state index is 12.7. The van der Waals surface area contributed by atoms with Crippen LogP contribution in [0, 0.1) is 0 Å². The molecule has 0 radical (unpaired) electrons. The molecular weight excluding hydrogens is 384 g/mol. The minimum atomic E-state index is -0.860. The molecule has 2 amide bonds. The Bertz CT molecular complexity index is 878. The first-order valence-corrected chi connectivity index (χ1v) is 9.93. The van der Waals surface area contributed by atoms with Gasteiger partial charge in [-0.05, 0) is 49.6 Å². The molecule has 2 aromatic carbocycles. The van der Waals surface area contributed by atoms with E-state index in [0.29, 0.717) is 12.1 Å². The minimum absolute atomic E-state index is 0.175. The molecule has 0 spiro atoms. The average Bonchev–Trinajstić information content (AvgIpc) is 3.61. The lowest BCUT2D eigenvalue weighted by atomic mass is 10.2. The van der Waals surface area contributed by atoms with Crippen LogP contribution in [0.25, 0.3) is 0 Å². The number of hydrogen-bond acceptors (Lipinski definition) is 5. The Morgan fingerprint density at radius 1 is 1.07 bits per heavy atom. The molecule has 1 aliphatic carbocycles. The van der Waals surface area contributed by atoms with Crippen LogP contribution in [-0.2, 0) is 20.9 Å². The predicted molar refractivity (Wildman–Crippen MR) is 111 cm³/mol. The quantitative estimate of drug-likeness (QED) is 0.642. The van der Waals surface area contributed by atoms with E-state index in [9.17, 15) is 14.4 Å². The summed E-state index contributed by atoms with van der Waals surface area (Å²) in [6.07, 6.45) is 1.89. The molecule has 0 bridgehead atoms. The normalized spacial score (nSPS) is 13.8. The van der Waals surface area contributed by atoms with E-state index in [4.69, 9.17) is 9.47 Å². The molecule has 1 aliphatic rings. The Morgan fingerprint density at radius 2 is 1.73 bits per heavy atom. The maximum Gasteiger partial charge on any atom is 0.328 e. The summed E-state index contributed by atoms with van der Waals surface area (Å²) in [5.74, 6) is -0.509. The van der Waals surface area contributed by atoms with Crippen molar-refractivity contribution in [2.24, 2.45) is 0 Å². The van der Waals surface area contributed by atoms with E-state index in [2.05, 4.69) is 5.32 Å². The second-order valence-corrected chi connectivity index (χ2v) is 7.27. The molecule has 7 heteroatoms. The number of carbonyl (C=O) groups excluding carboxylic acids is 3. The van der Waals surface area contributed by atoms with E-state index in [0.717, 1.165) is 24.2 Å². The number of benzene rings is 2. The van der Waals surface area contributed by atoms with E-state index >= 15 is 0 Å². The van der Waals surface area contributed by atoms with Gasteiger partial charge in [0.15, 0.2) is 6.61 Å². The van der Waals surface area contributed by atoms with Gasteiger partial charge < -0.3 is 19.7 Å². The first kappa shape index (κ1) is 21.4. The highest BCUT2D eigenvalue weighted by Gasteiger charge is 2.33. The van der Waals surface area contributed by atoms with Crippen molar-refractivity contribution in [2.75, 3.05) is 13.7 Å². The topological polar surface area (TPSA) is 84.9 Å². The van der Waals surface area contributed by atoms with Gasteiger partial charge in [0.25, 0.3) is 11.8 Å². The van der Waals surface area contributed by atoms with E-state index in [1.165, 1.54) is 6.92 Å². The standard InChI is InChI=1S/C23H26N2O5/c1-16(24-22(27)18-6-4-3-5-7-18)23(28)30-15-21(26)25(19-10-11-19)14-17-8-12-20(29-2)13-9-17/h3-9,12-13,16,19H,10-11,14-15H2,1-2H3,(H,24,27)/t16-/m0/s1. The van der Waals surface area contributed by atoms with Gasteiger partial charge in [-0.3, -0.25) is 9.59 Å². The zero-order chi connectivity index (χ0) is 21.5. The molecule has 30 heavy (non-hydrogen) atoms. The van der Waals surface area contributed by atoms with Crippen LogP contribution in [0.4, 0.5) is 0 Å². The monoisotopic (exact) mass is 410 g/mol. The molecule has 1 N–H and O–H groups in total. The van der Waals surface area contributed by atoms with Crippen molar-refractivity contribution < 1.29 is 23.9 Å². The van der Waals surface area contributed by atoms with Gasteiger partial charge in [-0.2, -0.15) is 0 Å². The number of esters is 1. The van der Waals surface area contributed by atoms with Crippen molar-refractivity contribution in [1.82, 2.24) is 10.2 Å². The lowest BCUT2D eigenvalue weighted by molar-refractivity contribution is -0.153. The fourth-order valence-electron chi connectivity index (χ4n) is 3.00. The van der Waals surface area contributed by atoms with Gasteiger partial charge in [0.2, 0.25) is 0 Å². The van der Waals surface area contributed by atoms with Gasteiger partial charge >= 0.3 is 5.97 Å². The molecule has 3 rings (SSSR count). The third kappa shape index (κ3) is 5.83. The highest BCUT2D eigenvalue weighted by atomic mass is 16.5. The van der Waals surface area contributed by atoms with Crippen molar-refractivity contribution >= 4 is 17.8 Å². The van der Waals surface area contributed by atoms with Crippen LogP contribution in [0.3, 0.4) is 0 Å². The summed E-state index contributed by atoms with van der Waals surface area (Å²) in [7, 11) is 1.60. The second-order valence-electron chi connectivity index (χ2n) is 7.27. The van der Waals surface area contributed by atoms with Gasteiger partial charge in [0, 0.05) is 18.2 Å². The van der Waals surface area contributed by atoms with Crippen LogP contribution in [0.1, 0.15) is 35.7 Å². The van der Waals surface area contributed by atoms with Gasteiger partial charge in [0.05, 0.1) is 7.11 Å². The Balaban J connectivity index is 1.50. The smallest absolute Gasteiger partial charge is 0.328 e. The van der Waals surface area contributed by atoms with Crippen LogP contribution in [0.15, 0.2) is 54.6 Å². The summed E-state index contributed by atoms with van der Waals surface area (Å²) in [6, 6.07) is 15.4. The maximum absolute atomic E-state index is 12.7. The molecule has 1 atom stereocenters. The van der Waals surface area contributed by atoms with E-state index < -0.39 is 12.0 Å². The van der Waals surface area contributed by atoms with Crippen LogP contribution in [0.2, 0.25) is 0 Å². The fraction of sp³-hybridized carbons (Fsp3) is 0.348. The Labute approximate surface area is 176 Å². The van der Waals surface area contributed by atoms with Gasteiger partial charge in [-0.25, -0.2) is 4.79 Å². The molecule has 0 aliphatic heterocycles. The first-order chi connectivity index (χ1) is 14.5. The summed E-state index contributed by atoms with van der Waals surface area (Å²) in [4.78, 5) is 38.8. The molecular formula is C23H26N2O5. The molecule has 0 aromatic heterocycles. The van der Waals surface area contributed by atoms with Crippen LogP contribution >= 0.6 is 0 Å². The molecule has 0 saturated heterocycles. The van der Waals surface area contributed by atoms with Crippen molar-refractivity contribution in [3.8, 4) is 5.75 Å². The summed E-state index contributed by atoms with van der Waals surface area (Å²) < 4.78 is 10.3. The third-order valence-electron chi connectivity index (χ3n) is 4.89. The zero-order valence-corrected chi connectivity index (χ0v) is 17.2. The lowest BCUT2D eigenvalue weighted by Gasteiger charge is -2.23. The number of nitrogens with one attached hydrogen (secondary N) is 1. The van der Waals surface area contributed by atoms with E-state index in [1.807, 2.05) is 24.3 Å². The van der Waals surface area contributed by atoms with E-state index in [-0.39, 0.29) is 24.5 Å². The van der Waals surface area contributed by atoms with Crippen LogP contribution < -0.4 is 10.1 Å². The molecule has 2 aromatic rings. The number of carbonyl (C=O) groups is 3. The number of hydrogen-bond donors (Lipinski definition) is 1. The number of rotatable bonds is 9. The molecule has 1 saturated carbocycles. The van der Waals surface area contributed by atoms with Gasteiger partial charge in [0.1, 0.15) is 11.8 Å². The van der Waals surface area contributed by atoms with Gasteiger partial charge in [-0.1, -0.05) is 30.3 Å². The number of ether oxygens (including phenoxy) is 2. The van der Waals surface area contributed by atoms with Crippen LogP contribution in [0.5, 0.6) is 5.75 Å². The minimum Gasteiger partial charge on any atom is -0.497 e. The molecule has 7 nitrogen and oxygen atoms in total. The Hall–Kier alpha value is -3.35. The largest absolute Gasteiger partial charge is 0.497 e. The molecule has 0 unspecified atom stereocenters. The highest BCUT2D eigenvalue weighted by Crippen LogP contribution is 2.28. The summed E-state index contributed by atoms with van der Waals surface area (Å²) in [5, 5.41) is 2.58. The Kier molecular flexibility index (Phi) is 7.06. The van der Waals surface area contributed by atoms with Crippen molar-refractivity contribution in [3.05, 3.63) is 65.7 Å². The first-order valence-electron chi connectivity index (χ1n) is 9.93.